The first-order chi connectivity index (χ1) is 6.83. The van der Waals surface area contributed by atoms with E-state index in [0.29, 0.717) is 0 Å². The highest BCUT2D eigenvalue weighted by Crippen LogP contribution is 2.83. The molecule has 4 N–H and O–H groups in total. The summed E-state index contributed by atoms with van der Waals surface area (Å²) in [7, 11) is 0. The Morgan fingerprint density at radius 2 is 0.812 bits per heavy atom. The van der Waals surface area contributed by atoms with Crippen molar-refractivity contribution in [1.82, 2.24) is 0 Å². The summed E-state index contributed by atoms with van der Waals surface area (Å²) in [5.41, 5.74) is 11.1. The van der Waals surface area contributed by atoms with Crippen molar-refractivity contribution in [3.63, 3.8) is 0 Å². The van der Waals surface area contributed by atoms with Gasteiger partial charge >= 0.3 is 0 Å². The molecule has 0 saturated heterocycles. The topological polar surface area (TPSA) is 101 Å². The van der Waals surface area contributed by atoms with Gasteiger partial charge in [0.1, 0.15) is 0 Å². The highest BCUT2D eigenvalue weighted by Gasteiger charge is 2.29. The number of nitrogens with two attached hydrogens (primary N) is 2. The van der Waals surface area contributed by atoms with Crippen LogP contribution in [0.1, 0.15) is 0 Å². The third-order valence-corrected chi connectivity index (χ3v) is 15.7. The van der Waals surface area contributed by atoms with E-state index < -0.39 is 25.2 Å². The summed E-state index contributed by atoms with van der Waals surface area (Å²) >= 11 is 34.7. The highest BCUT2D eigenvalue weighted by molar-refractivity contribution is 8.19. The van der Waals surface area contributed by atoms with Crippen molar-refractivity contribution in [2.45, 2.75) is 0 Å². The summed E-state index contributed by atoms with van der Waals surface area (Å²) in [5.74, 6) is -6.43. The molecule has 1 heterocycles. The van der Waals surface area contributed by atoms with Crippen molar-refractivity contribution >= 4 is 92.7 Å². The Morgan fingerprint density at radius 3 is 1.06 bits per heavy atom. The van der Waals surface area contributed by atoms with E-state index >= 15 is 0 Å². The predicted octanol–water partition coefficient (Wildman–Crippen LogP) is 7.13. The Hall–Kier alpha value is 2.58. The van der Waals surface area contributed by atoms with E-state index in [1.807, 2.05) is 0 Å². The van der Waals surface area contributed by atoms with Gasteiger partial charge in [-0.2, -0.15) is 18.1 Å². The molecule has 0 radical (unpaired) electrons. The smallest absolute Gasteiger partial charge is 0.257 e. The molecule has 0 spiro atoms. The van der Waals surface area contributed by atoms with Crippen LogP contribution < -0.4 is 11.0 Å². The van der Waals surface area contributed by atoms with E-state index in [9.17, 15) is 0 Å². The molecule has 6 nitrogen and oxygen atoms in total. The fraction of sp³-hybridized carbons (Fsp3) is 0. The molecule has 0 fully saturated rings. The van der Waals surface area contributed by atoms with Gasteiger partial charge in [-0.1, -0.05) is 0 Å². The molecule has 1 aliphatic rings. The minimum absolute atomic E-state index is 3.20. The van der Waals surface area contributed by atoms with Gasteiger partial charge in [-0.3, -0.25) is 11.0 Å². The van der Waals surface area contributed by atoms with Gasteiger partial charge in [-0.15, -0.1) is 0 Å². The average molecular weight is 425 g/mol. The van der Waals surface area contributed by atoms with Gasteiger partial charge in [0.05, 0.1) is 0 Å². The van der Waals surface area contributed by atoms with Crippen LogP contribution in [-0.4, -0.2) is 0 Å². The second kappa shape index (κ2) is 5.17. The minimum Gasteiger partial charge on any atom is -0.267 e. The van der Waals surface area contributed by atoms with Crippen LogP contribution in [0.4, 0.5) is 0 Å². The Morgan fingerprint density at radius 1 is 0.562 bits per heavy atom. The molecule has 2 unspecified atom stereocenters. The fourth-order valence-electron chi connectivity index (χ4n) is 0.675. The van der Waals surface area contributed by atoms with Gasteiger partial charge in [0, 0.05) is 0 Å². The van der Waals surface area contributed by atoms with E-state index in [4.69, 9.17) is 78.5 Å². The molecule has 96 valence electrons. The van der Waals surface area contributed by atoms with Crippen LogP contribution in [0.2, 0.25) is 0 Å². The summed E-state index contributed by atoms with van der Waals surface area (Å²) < 4.78 is 14.9. The first kappa shape index (κ1) is 16.6. The van der Waals surface area contributed by atoms with E-state index in [-0.39, 0.29) is 0 Å². The predicted molar refractivity (Wildman–Crippen MR) is 80.9 cm³/mol. The van der Waals surface area contributed by atoms with Crippen molar-refractivity contribution in [3.05, 3.63) is 0 Å². The average Bonchev–Trinajstić information content (AvgIpc) is 1.67. The summed E-state index contributed by atoms with van der Waals surface area (Å²) in [6, 6.07) is 0. The monoisotopic (exact) mass is 422 g/mol. The van der Waals surface area contributed by atoms with Gasteiger partial charge in [0.15, 0.2) is 0 Å². The summed E-state index contributed by atoms with van der Waals surface area (Å²) in [5, 5.41) is 0. The van der Waals surface area contributed by atoms with E-state index in [1.165, 1.54) is 0 Å². The van der Waals surface area contributed by atoms with Crippen LogP contribution in [-0.2, 0) is 0 Å². The van der Waals surface area contributed by atoms with Gasteiger partial charge in [0.2, 0.25) is 13.4 Å². The molecule has 0 bridgehead atoms. The molecule has 0 aliphatic carbocycles. The van der Waals surface area contributed by atoms with Crippen LogP contribution in [0.25, 0.3) is 0 Å². The largest absolute Gasteiger partial charge is 0.267 e. The molecule has 0 aromatic carbocycles. The normalized spacial score (nSPS) is 41.5. The maximum atomic E-state index is 5.79. The molecule has 1 aliphatic heterocycles. The first-order valence-corrected chi connectivity index (χ1v) is 15.5. The molecule has 2 atom stereocenters. The van der Waals surface area contributed by atoms with Crippen molar-refractivity contribution in [1.29, 1.82) is 0 Å². The lowest BCUT2D eigenvalue weighted by molar-refractivity contribution is 1.68. The summed E-state index contributed by atoms with van der Waals surface area (Å²) in [4.78, 5) is 0. The molecule has 0 aromatic heterocycles. The van der Waals surface area contributed by atoms with Gasteiger partial charge in [-0.25, -0.2) is 0 Å². The third-order valence-electron chi connectivity index (χ3n) is 0.932. The lowest BCUT2D eigenvalue weighted by Crippen LogP contribution is -1.86. The maximum Gasteiger partial charge on any atom is 0.257 e. The summed E-state index contributed by atoms with van der Waals surface area (Å²) in [6.07, 6.45) is 0. The van der Waals surface area contributed by atoms with Crippen LogP contribution in [0.3, 0.4) is 0 Å². The Bertz CT molecular complexity index is 387. The lowest BCUT2D eigenvalue weighted by atomic mass is 13.8. The van der Waals surface area contributed by atoms with Crippen molar-refractivity contribution in [3.8, 4) is 0 Å². The standard InChI is InChI=1S/Cl6H4N6P4/c1-13(2)9-15(5,7)11-14(3,4)12-16(6,8)10-13/h7-8H2. The second-order valence-electron chi connectivity index (χ2n) is 2.41. The quantitative estimate of drug-likeness (QED) is 0.404. The molecule has 0 saturated carbocycles. The number of hydrogen-bond donors (Lipinski definition) is 2. The zero-order valence-electron chi connectivity index (χ0n) is 7.00. The van der Waals surface area contributed by atoms with E-state index in [0.717, 1.165) is 0 Å². The van der Waals surface area contributed by atoms with Crippen LogP contribution in [0.15, 0.2) is 18.1 Å². The molecular formula is H4Cl6N6P4. The van der Waals surface area contributed by atoms with Crippen LogP contribution >= 0.6 is 92.7 Å². The summed E-state index contributed by atoms with van der Waals surface area (Å²) in [6.45, 7) is -6.40. The van der Waals surface area contributed by atoms with E-state index in [1.54, 1.807) is 0 Å². The number of halogens is 6. The number of hydrogen-bond acceptors (Lipinski definition) is 6. The van der Waals surface area contributed by atoms with Crippen molar-refractivity contribution < 1.29 is 0 Å². The molecule has 1 rings (SSSR count). The zero-order valence-corrected chi connectivity index (χ0v) is 15.1. The SMILES string of the molecule is NP1(Cl)=NP(Cl)(Cl)=NP(N)(Cl)=NP(Cl)(Cl)=N1. The highest BCUT2D eigenvalue weighted by atomic mass is 35.9. The molecule has 0 aromatic rings. The van der Waals surface area contributed by atoms with Crippen molar-refractivity contribution in [2.75, 3.05) is 0 Å². The Labute approximate surface area is 121 Å². The fourth-order valence-corrected chi connectivity index (χ4v) is 20.8. The first-order valence-electron chi connectivity index (χ1n) is 3.13. The maximum absolute atomic E-state index is 5.79. The van der Waals surface area contributed by atoms with Gasteiger partial charge in [-0.05, 0) is 67.4 Å². The van der Waals surface area contributed by atoms with Gasteiger partial charge < -0.3 is 0 Å². The second-order valence-corrected chi connectivity index (χ2v) is 19.0. The number of rotatable bonds is 0. The van der Waals surface area contributed by atoms with Crippen molar-refractivity contribution in [2.24, 2.45) is 29.1 Å². The van der Waals surface area contributed by atoms with Gasteiger partial charge in [0.25, 0.3) is 11.8 Å². The minimum atomic E-state index is -3.21. The Kier molecular flexibility index (Phi) is 5.37. The molecule has 16 heteroatoms. The van der Waals surface area contributed by atoms with Crippen LogP contribution in [0, 0.1) is 0 Å². The number of nitrogens with zero attached hydrogens (tertiary/aromatic N) is 4. The van der Waals surface area contributed by atoms with E-state index in [2.05, 4.69) is 18.1 Å². The zero-order chi connectivity index (χ0) is 12.8. The lowest BCUT2D eigenvalue weighted by Gasteiger charge is -2.18. The van der Waals surface area contributed by atoms with Crippen LogP contribution in [0.5, 0.6) is 0 Å². The molecular weight excluding hydrogens is 421 g/mol. The Balaban J connectivity index is 3.67. The molecule has 16 heavy (non-hydrogen) atoms. The molecule has 0 amide bonds. The third kappa shape index (κ3) is 5.70.